The Hall–Kier alpha value is -4.02. The van der Waals surface area contributed by atoms with E-state index < -0.39 is 12.3 Å². The largest absolute Gasteiger partial charge is 0.338 e. The van der Waals surface area contributed by atoms with Gasteiger partial charge in [-0.15, -0.1) is 0 Å². The fraction of sp³-hybridized carbons (Fsp3) is 0.393. The fourth-order valence-corrected chi connectivity index (χ4v) is 5.39. The summed E-state index contributed by atoms with van der Waals surface area (Å²) in [6.07, 6.45) is 0.486. The average molecular weight is 538 g/mol. The van der Waals surface area contributed by atoms with E-state index in [9.17, 15) is 18.0 Å². The molecule has 1 saturated heterocycles. The predicted octanol–water partition coefficient (Wildman–Crippen LogP) is 4.70. The van der Waals surface area contributed by atoms with Gasteiger partial charge in [0.1, 0.15) is 12.1 Å². The molecule has 0 spiro atoms. The van der Waals surface area contributed by atoms with Gasteiger partial charge in [0.05, 0.1) is 34.0 Å². The molecule has 1 unspecified atom stereocenters. The molecule has 0 radical (unpaired) electrons. The van der Waals surface area contributed by atoms with Gasteiger partial charge in [-0.25, -0.2) is 27.8 Å². The standard InChI is InChI=1S/C28H30F3N7O/c1-5-22-23(35-36(4)26(22)18-6-8-20(29)9-7-18)12-21-13-24(33-15-32-21)38-17(3)25(16(2)34-38)28(39)37-11-10-19(14-37)27(30)31/h6-9,13,15,19,27H,5,10-12,14H2,1-4H3. The minimum atomic E-state index is -2.44. The highest BCUT2D eigenvalue weighted by Gasteiger charge is 2.34. The first kappa shape index (κ1) is 26.6. The van der Waals surface area contributed by atoms with E-state index in [4.69, 9.17) is 5.10 Å². The van der Waals surface area contributed by atoms with Gasteiger partial charge in [0.15, 0.2) is 5.82 Å². The normalized spacial score (nSPS) is 15.5. The number of amides is 1. The summed E-state index contributed by atoms with van der Waals surface area (Å²) >= 11 is 0. The molecule has 1 aromatic carbocycles. The molecular formula is C28H30F3N7O. The van der Waals surface area contributed by atoms with E-state index in [1.165, 1.54) is 23.4 Å². The van der Waals surface area contributed by atoms with Crippen LogP contribution in [0.25, 0.3) is 17.1 Å². The number of carbonyl (C=O) groups is 1. The molecule has 8 nitrogen and oxygen atoms in total. The van der Waals surface area contributed by atoms with Gasteiger partial charge in [-0.1, -0.05) is 6.92 Å². The molecule has 204 valence electrons. The van der Waals surface area contributed by atoms with Crippen molar-refractivity contribution in [3.63, 3.8) is 0 Å². The van der Waals surface area contributed by atoms with Crippen molar-refractivity contribution in [1.82, 2.24) is 34.4 Å². The van der Waals surface area contributed by atoms with Gasteiger partial charge in [0, 0.05) is 49.7 Å². The summed E-state index contributed by atoms with van der Waals surface area (Å²) < 4.78 is 43.2. The maximum atomic E-state index is 13.5. The number of aryl methyl sites for hydroxylation is 2. The number of rotatable bonds is 7. The SMILES string of the molecule is CCc1c(Cc2cc(-n3nc(C)c(C(=O)N4CCC(C(F)F)C4)c3C)ncn2)nn(C)c1-c1ccc(F)cc1. The number of hydrogen-bond acceptors (Lipinski definition) is 5. The molecule has 4 aromatic rings. The third kappa shape index (κ3) is 5.05. The number of hydrogen-bond donors (Lipinski definition) is 0. The maximum Gasteiger partial charge on any atom is 0.257 e. The zero-order chi connectivity index (χ0) is 27.8. The van der Waals surface area contributed by atoms with Crippen LogP contribution in [0.1, 0.15) is 52.0 Å². The Morgan fingerprint density at radius 3 is 2.54 bits per heavy atom. The van der Waals surface area contributed by atoms with Crippen molar-refractivity contribution in [3.05, 3.63) is 76.4 Å². The van der Waals surface area contributed by atoms with Crippen molar-refractivity contribution in [2.75, 3.05) is 13.1 Å². The quantitative estimate of drug-likeness (QED) is 0.341. The van der Waals surface area contributed by atoms with Crippen LogP contribution in [-0.4, -0.2) is 59.9 Å². The molecule has 0 aliphatic carbocycles. The van der Waals surface area contributed by atoms with E-state index in [-0.39, 0.29) is 18.3 Å². The van der Waals surface area contributed by atoms with Crippen molar-refractivity contribution in [2.45, 2.75) is 46.5 Å². The number of halogens is 3. The van der Waals surface area contributed by atoms with Crippen LogP contribution in [0.5, 0.6) is 0 Å². The van der Waals surface area contributed by atoms with Gasteiger partial charge in [-0.2, -0.15) is 10.2 Å². The maximum absolute atomic E-state index is 13.5. The molecule has 1 atom stereocenters. The number of alkyl halides is 2. The van der Waals surface area contributed by atoms with E-state index in [0.29, 0.717) is 42.2 Å². The summed E-state index contributed by atoms with van der Waals surface area (Å²) in [5, 5.41) is 9.29. The van der Waals surface area contributed by atoms with Crippen LogP contribution >= 0.6 is 0 Å². The zero-order valence-corrected chi connectivity index (χ0v) is 22.3. The molecule has 4 heterocycles. The lowest BCUT2D eigenvalue weighted by Crippen LogP contribution is -2.30. The second-order valence-electron chi connectivity index (χ2n) is 9.89. The van der Waals surface area contributed by atoms with E-state index >= 15 is 0 Å². The van der Waals surface area contributed by atoms with Crippen LogP contribution in [0.2, 0.25) is 0 Å². The van der Waals surface area contributed by atoms with Crippen LogP contribution in [0.4, 0.5) is 13.2 Å². The Morgan fingerprint density at radius 2 is 1.87 bits per heavy atom. The average Bonchev–Trinajstić information content (AvgIpc) is 3.60. The Bertz CT molecular complexity index is 1510. The summed E-state index contributed by atoms with van der Waals surface area (Å²) in [4.78, 5) is 23.5. The number of nitrogens with zero attached hydrogens (tertiary/aromatic N) is 7. The molecular weight excluding hydrogens is 507 g/mol. The molecule has 0 N–H and O–H groups in total. The third-order valence-electron chi connectivity index (χ3n) is 7.35. The van der Waals surface area contributed by atoms with Gasteiger partial charge < -0.3 is 4.90 Å². The van der Waals surface area contributed by atoms with Crippen molar-refractivity contribution in [2.24, 2.45) is 13.0 Å². The number of aromatic nitrogens is 6. The van der Waals surface area contributed by atoms with Crippen molar-refractivity contribution in [1.29, 1.82) is 0 Å². The minimum Gasteiger partial charge on any atom is -0.338 e. The zero-order valence-electron chi connectivity index (χ0n) is 22.3. The first-order valence-electron chi connectivity index (χ1n) is 12.9. The molecule has 39 heavy (non-hydrogen) atoms. The predicted molar refractivity (Wildman–Crippen MR) is 139 cm³/mol. The molecule has 1 fully saturated rings. The Balaban J connectivity index is 1.42. The third-order valence-corrected chi connectivity index (χ3v) is 7.35. The second-order valence-corrected chi connectivity index (χ2v) is 9.89. The molecule has 3 aromatic heterocycles. The van der Waals surface area contributed by atoms with E-state index in [0.717, 1.165) is 34.6 Å². The number of carbonyl (C=O) groups excluding carboxylic acids is 1. The monoisotopic (exact) mass is 537 g/mol. The molecule has 1 amide bonds. The number of benzene rings is 1. The first-order valence-corrected chi connectivity index (χ1v) is 12.9. The van der Waals surface area contributed by atoms with Gasteiger partial charge in [-0.05, 0) is 51.0 Å². The van der Waals surface area contributed by atoms with Crippen molar-refractivity contribution < 1.29 is 18.0 Å². The number of likely N-dealkylation sites (tertiary alicyclic amines) is 1. The highest BCUT2D eigenvalue weighted by molar-refractivity contribution is 5.96. The minimum absolute atomic E-state index is 0.0436. The second kappa shape index (κ2) is 10.6. The van der Waals surface area contributed by atoms with Crippen molar-refractivity contribution in [3.8, 4) is 17.1 Å². The van der Waals surface area contributed by atoms with Crippen LogP contribution in [0, 0.1) is 25.6 Å². The fourth-order valence-electron chi connectivity index (χ4n) is 5.39. The summed E-state index contributed by atoms with van der Waals surface area (Å²) in [5.74, 6) is -0.876. The van der Waals surface area contributed by atoms with Crippen LogP contribution in [0.3, 0.4) is 0 Å². The first-order chi connectivity index (χ1) is 18.7. The van der Waals surface area contributed by atoms with Crippen LogP contribution in [-0.2, 0) is 19.9 Å². The molecule has 1 aliphatic rings. The van der Waals surface area contributed by atoms with E-state index in [2.05, 4.69) is 22.0 Å². The topological polar surface area (TPSA) is 81.7 Å². The molecule has 0 saturated carbocycles. The molecule has 0 bridgehead atoms. The molecule has 1 aliphatic heterocycles. The molecule has 11 heteroatoms. The summed E-state index contributed by atoms with van der Waals surface area (Å²) in [6, 6.07) is 8.17. The van der Waals surface area contributed by atoms with E-state index in [1.807, 2.05) is 13.1 Å². The Morgan fingerprint density at radius 1 is 1.13 bits per heavy atom. The van der Waals surface area contributed by atoms with Gasteiger partial charge in [0.25, 0.3) is 5.91 Å². The lowest BCUT2D eigenvalue weighted by molar-refractivity contribution is 0.0683. The Labute approximate surface area is 224 Å². The van der Waals surface area contributed by atoms with Gasteiger partial charge in [-0.3, -0.25) is 9.48 Å². The lowest BCUT2D eigenvalue weighted by atomic mass is 10.0. The summed E-state index contributed by atoms with van der Waals surface area (Å²) in [5.41, 5.74) is 5.96. The van der Waals surface area contributed by atoms with Crippen LogP contribution < -0.4 is 0 Å². The van der Waals surface area contributed by atoms with Gasteiger partial charge >= 0.3 is 0 Å². The van der Waals surface area contributed by atoms with Crippen molar-refractivity contribution >= 4 is 5.91 Å². The van der Waals surface area contributed by atoms with Crippen LogP contribution in [0.15, 0.2) is 36.7 Å². The lowest BCUT2D eigenvalue weighted by Gasteiger charge is -2.16. The Kier molecular flexibility index (Phi) is 7.24. The summed E-state index contributed by atoms with van der Waals surface area (Å²) in [6.45, 7) is 5.91. The van der Waals surface area contributed by atoms with Gasteiger partial charge in [0.2, 0.25) is 6.43 Å². The molecule has 5 rings (SSSR count). The highest BCUT2D eigenvalue weighted by atomic mass is 19.3. The smallest absolute Gasteiger partial charge is 0.257 e. The highest BCUT2D eigenvalue weighted by Crippen LogP contribution is 2.29. The summed E-state index contributed by atoms with van der Waals surface area (Å²) in [7, 11) is 1.87. The van der Waals surface area contributed by atoms with E-state index in [1.54, 1.807) is 35.3 Å².